The van der Waals surface area contributed by atoms with Gasteiger partial charge in [-0.05, 0) is 132 Å². The largest absolute Gasteiger partial charge is 0.0794 e. The predicted octanol–water partition coefficient (Wildman–Crippen LogP) is 17.4. The Labute approximate surface area is 339 Å². The molecule has 0 aromatic rings. The zero-order valence-corrected chi connectivity index (χ0v) is 38.5. The molecule has 0 nitrogen and oxygen atoms in total. The summed E-state index contributed by atoms with van der Waals surface area (Å²) in [7, 11) is 0. The third-order valence-electron chi connectivity index (χ3n) is 19.6. The molecule has 0 aromatic carbocycles. The SMILES string of the molecule is CC(=CC(C)(C)C(CC(C)(C)C1C2CCCCC2CC1C(C)(C)C(CC(C)(C)C(C)C1CCCCC1)C1CCCCC1)C1CCCCC1)C1CCCCC1. The minimum atomic E-state index is 0.278. The van der Waals surface area contributed by atoms with Gasteiger partial charge in [-0.1, -0.05) is 209 Å². The summed E-state index contributed by atoms with van der Waals surface area (Å²) in [5.41, 5.74) is 3.24. The molecule has 6 saturated carbocycles. The van der Waals surface area contributed by atoms with Gasteiger partial charge in [0, 0.05) is 0 Å². The second-order valence-corrected chi connectivity index (χ2v) is 24.5. The summed E-state index contributed by atoms with van der Waals surface area (Å²) in [4.78, 5) is 0. The number of fused-ring (bicyclic) bond motifs is 1. The topological polar surface area (TPSA) is 0 Å². The molecule has 0 aliphatic heterocycles. The normalized spacial score (nSPS) is 31.6. The number of hydrogen-bond acceptors (Lipinski definition) is 0. The van der Waals surface area contributed by atoms with Gasteiger partial charge < -0.3 is 0 Å². The number of rotatable bonds is 14. The fourth-order valence-electron chi connectivity index (χ4n) is 16.2. The van der Waals surface area contributed by atoms with Crippen LogP contribution in [0.2, 0.25) is 0 Å². The first-order valence-electron chi connectivity index (χ1n) is 25.3. The maximum atomic E-state index is 2.89. The molecule has 0 aromatic heterocycles. The van der Waals surface area contributed by atoms with Gasteiger partial charge in [-0.2, -0.15) is 0 Å². The Hall–Kier alpha value is -0.260. The zero-order valence-electron chi connectivity index (χ0n) is 38.5. The summed E-state index contributed by atoms with van der Waals surface area (Å²) in [5.74, 6) is 9.91. The molecule has 312 valence electrons. The van der Waals surface area contributed by atoms with E-state index in [9.17, 15) is 0 Å². The van der Waals surface area contributed by atoms with Crippen molar-refractivity contribution < 1.29 is 0 Å². The van der Waals surface area contributed by atoms with Crippen molar-refractivity contribution in [2.24, 2.45) is 86.8 Å². The van der Waals surface area contributed by atoms with Crippen molar-refractivity contribution >= 4 is 0 Å². The van der Waals surface area contributed by atoms with Gasteiger partial charge in [0.1, 0.15) is 0 Å². The van der Waals surface area contributed by atoms with Gasteiger partial charge in [0.15, 0.2) is 0 Å². The van der Waals surface area contributed by atoms with Gasteiger partial charge in [-0.3, -0.25) is 0 Å². The Balaban J connectivity index is 1.33. The summed E-state index contributed by atoms with van der Waals surface area (Å²) in [5, 5.41) is 0. The lowest BCUT2D eigenvalue weighted by Gasteiger charge is -2.54. The molecule has 0 saturated heterocycles. The van der Waals surface area contributed by atoms with Crippen molar-refractivity contribution in [1.82, 2.24) is 0 Å². The molecule has 6 aliphatic carbocycles. The fourth-order valence-corrected chi connectivity index (χ4v) is 16.2. The first-order valence-corrected chi connectivity index (χ1v) is 25.3. The summed E-state index contributed by atoms with van der Waals surface area (Å²) < 4.78 is 0. The molecule has 0 bridgehead atoms. The summed E-state index contributed by atoms with van der Waals surface area (Å²) in [6, 6.07) is 0. The third kappa shape index (κ3) is 9.94. The van der Waals surface area contributed by atoms with E-state index in [0.29, 0.717) is 16.2 Å². The van der Waals surface area contributed by atoms with Crippen molar-refractivity contribution in [3.8, 4) is 0 Å². The molecule has 0 spiro atoms. The average Bonchev–Trinajstić information content (AvgIpc) is 3.59. The van der Waals surface area contributed by atoms with Crippen LogP contribution in [0.15, 0.2) is 11.6 Å². The first-order chi connectivity index (χ1) is 25.6. The Bertz CT molecular complexity index is 1150. The Morgan fingerprint density at radius 2 is 1.00 bits per heavy atom. The highest BCUT2D eigenvalue weighted by atomic mass is 14.6. The highest BCUT2D eigenvalue weighted by Crippen LogP contribution is 2.66. The predicted molar refractivity (Wildman–Crippen MR) is 238 cm³/mol. The van der Waals surface area contributed by atoms with Crippen LogP contribution in [0.4, 0.5) is 0 Å². The molecule has 0 heteroatoms. The van der Waals surface area contributed by atoms with E-state index in [-0.39, 0.29) is 5.41 Å². The molecule has 7 atom stereocenters. The lowest BCUT2D eigenvalue weighted by Crippen LogP contribution is -2.47. The van der Waals surface area contributed by atoms with Crippen LogP contribution in [0.25, 0.3) is 0 Å². The Morgan fingerprint density at radius 3 is 1.56 bits per heavy atom. The van der Waals surface area contributed by atoms with Gasteiger partial charge in [0.2, 0.25) is 0 Å². The van der Waals surface area contributed by atoms with E-state index in [2.05, 4.69) is 75.3 Å². The highest BCUT2D eigenvalue weighted by molar-refractivity contribution is 5.13. The standard InChI is InChI=1S/C54H96/c1-39(41-25-15-11-16-26-41)36-52(5,6)48(43-29-19-13-20-30-43)37-53(7,8)50-46-34-24-23-33-45(46)35-47(50)54(9,10)49(44-31-21-14-22-32-44)38-51(3,4)40(2)42-27-17-12-18-28-42/h36,40-50H,11-35,37-38H2,1-10H3. The van der Waals surface area contributed by atoms with E-state index < -0.39 is 0 Å². The van der Waals surface area contributed by atoms with E-state index in [4.69, 9.17) is 0 Å². The molecule has 6 rings (SSSR count). The van der Waals surface area contributed by atoms with E-state index in [1.54, 1.807) is 12.0 Å². The van der Waals surface area contributed by atoms with E-state index in [1.807, 2.05) is 0 Å². The smallest absolute Gasteiger partial charge is 0.0141 e. The van der Waals surface area contributed by atoms with E-state index in [1.165, 1.54) is 167 Å². The van der Waals surface area contributed by atoms with Crippen molar-refractivity contribution in [3.05, 3.63) is 11.6 Å². The molecule has 54 heavy (non-hydrogen) atoms. The average molecular weight is 745 g/mol. The van der Waals surface area contributed by atoms with E-state index >= 15 is 0 Å². The van der Waals surface area contributed by atoms with Crippen LogP contribution in [-0.4, -0.2) is 0 Å². The second-order valence-electron chi connectivity index (χ2n) is 24.5. The Morgan fingerprint density at radius 1 is 0.537 bits per heavy atom. The molecule has 6 fully saturated rings. The zero-order chi connectivity index (χ0) is 38.7. The van der Waals surface area contributed by atoms with Crippen LogP contribution in [0, 0.1) is 86.8 Å². The van der Waals surface area contributed by atoms with Crippen LogP contribution >= 0.6 is 0 Å². The van der Waals surface area contributed by atoms with Gasteiger partial charge in [-0.25, -0.2) is 0 Å². The van der Waals surface area contributed by atoms with Crippen LogP contribution in [0.3, 0.4) is 0 Å². The van der Waals surface area contributed by atoms with Gasteiger partial charge in [0.25, 0.3) is 0 Å². The fraction of sp³-hybridized carbons (Fsp3) is 0.963. The number of allylic oxidation sites excluding steroid dienone is 2. The molecule has 0 amide bonds. The molecule has 7 unspecified atom stereocenters. The molecular formula is C54H96. The Kier molecular flexibility index (Phi) is 14.7. The first kappa shape index (κ1) is 43.3. The summed E-state index contributed by atoms with van der Waals surface area (Å²) in [6.07, 6.45) is 43.0. The lowest BCUT2D eigenvalue weighted by molar-refractivity contribution is -0.0542. The van der Waals surface area contributed by atoms with Gasteiger partial charge in [-0.15, -0.1) is 0 Å². The molecule has 0 radical (unpaired) electrons. The van der Waals surface area contributed by atoms with Gasteiger partial charge >= 0.3 is 0 Å². The van der Waals surface area contributed by atoms with Crippen molar-refractivity contribution in [2.45, 2.75) is 243 Å². The maximum Gasteiger partial charge on any atom is -0.0141 e. The lowest BCUT2D eigenvalue weighted by atomic mass is 9.50. The minimum Gasteiger partial charge on any atom is -0.0794 e. The van der Waals surface area contributed by atoms with Crippen LogP contribution in [0.1, 0.15) is 243 Å². The summed E-state index contributed by atoms with van der Waals surface area (Å²) in [6.45, 7) is 27.6. The third-order valence-corrected chi connectivity index (χ3v) is 19.6. The monoisotopic (exact) mass is 745 g/mol. The van der Waals surface area contributed by atoms with Crippen LogP contribution < -0.4 is 0 Å². The van der Waals surface area contributed by atoms with Crippen molar-refractivity contribution in [1.29, 1.82) is 0 Å². The van der Waals surface area contributed by atoms with Gasteiger partial charge in [0.05, 0.1) is 0 Å². The van der Waals surface area contributed by atoms with Crippen molar-refractivity contribution in [2.75, 3.05) is 0 Å². The van der Waals surface area contributed by atoms with Crippen molar-refractivity contribution in [3.63, 3.8) is 0 Å². The number of hydrogen-bond donors (Lipinski definition) is 0. The molecule has 0 N–H and O–H groups in total. The van der Waals surface area contributed by atoms with E-state index in [0.717, 1.165) is 65.1 Å². The molecule has 6 aliphatic rings. The molecule has 0 heterocycles. The minimum absolute atomic E-state index is 0.278. The van der Waals surface area contributed by atoms with Crippen LogP contribution in [0.5, 0.6) is 0 Å². The van der Waals surface area contributed by atoms with Crippen LogP contribution in [-0.2, 0) is 0 Å². The summed E-state index contributed by atoms with van der Waals surface area (Å²) >= 11 is 0. The quantitative estimate of drug-likeness (QED) is 0.155. The second kappa shape index (κ2) is 18.3. The highest BCUT2D eigenvalue weighted by Gasteiger charge is 2.58. The molecular weight excluding hydrogens is 649 g/mol. The maximum absolute atomic E-state index is 2.89.